The summed E-state index contributed by atoms with van der Waals surface area (Å²) in [4.78, 5) is 32.5. The first-order chi connectivity index (χ1) is 9.31. The van der Waals surface area contributed by atoms with Crippen LogP contribution in [0.2, 0.25) is 0 Å². The van der Waals surface area contributed by atoms with Crippen molar-refractivity contribution in [1.82, 2.24) is 14.9 Å². The minimum atomic E-state index is -0.971. The van der Waals surface area contributed by atoms with E-state index < -0.39 is 23.7 Å². The van der Waals surface area contributed by atoms with Crippen molar-refractivity contribution in [1.29, 1.82) is 0 Å². The van der Waals surface area contributed by atoms with Crippen LogP contribution < -0.4 is 5.56 Å². The number of hydrogen-bond donors (Lipinski definition) is 3. The van der Waals surface area contributed by atoms with Gasteiger partial charge < -0.3 is 20.1 Å². The molecule has 0 aromatic carbocycles. The third-order valence-corrected chi connectivity index (χ3v) is 3.43. The molecule has 2 rings (SSSR count). The van der Waals surface area contributed by atoms with Crippen LogP contribution in [0.3, 0.4) is 0 Å². The largest absolute Gasteiger partial charge is 0.388 e. The Bertz CT molecular complexity index is 571. The van der Waals surface area contributed by atoms with Crippen molar-refractivity contribution in [2.24, 2.45) is 0 Å². The van der Waals surface area contributed by atoms with Crippen molar-refractivity contribution < 1.29 is 15.0 Å². The Balaban J connectivity index is 2.34. The average Bonchev–Trinajstić information content (AvgIpc) is 2.68. The monoisotopic (exact) mass is 281 g/mol. The fourth-order valence-electron chi connectivity index (χ4n) is 2.23. The zero-order valence-corrected chi connectivity index (χ0v) is 11.8. The zero-order chi connectivity index (χ0) is 15.0. The van der Waals surface area contributed by atoms with E-state index in [1.165, 1.54) is 4.90 Å². The summed E-state index contributed by atoms with van der Waals surface area (Å²) in [5.41, 5.74) is -0.156. The van der Waals surface area contributed by atoms with Crippen LogP contribution in [0.15, 0.2) is 4.79 Å². The van der Waals surface area contributed by atoms with Gasteiger partial charge in [-0.2, -0.15) is 0 Å². The van der Waals surface area contributed by atoms with Gasteiger partial charge in [-0.05, 0) is 6.92 Å². The van der Waals surface area contributed by atoms with Gasteiger partial charge in [0.2, 0.25) is 0 Å². The molecule has 1 aliphatic rings. The molecule has 7 heteroatoms. The molecule has 0 aliphatic carbocycles. The molecule has 0 spiro atoms. The molecule has 0 bridgehead atoms. The normalized spacial score (nSPS) is 22.6. The standard InChI is InChI=1S/C13H19N3O4/c1-6(2)11-14-7(3)10(12(19)15-11)13(20)16-4-8(17)9(18)5-16/h6,8-9,17-18H,4-5H2,1-3H3,(H,14,15,19). The number of aromatic amines is 1. The Labute approximate surface area is 116 Å². The molecular weight excluding hydrogens is 262 g/mol. The number of H-pyrrole nitrogens is 1. The third kappa shape index (κ3) is 2.59. The molecule has 3 N–H and O–H groups in total. The average molecular weight is 281 g/mol. The Morgan fingerprint density at radius 3 is 2.35 bits per heavy atom. The fraction of sp³-hybridized carbons (Fsp3) is 0.615. The Kier molecular flexibility index (Phi) is 3.92. The Morgan fingerprint density at radius 2 is 1.90 bits per heavy atom. The minimum absolute atomic E-state index is 0.0187. The lowest BCUT2D eigenvalue weighted by atomic mass is 10.1. The molecule has 7 nitrogen and oxygen atoms in total. The van der Waals surface area contributed by atoms with Crippen molar-refractivity contribution in [2.75, 3.05) is 13.1 Å². The molecule has 2 atom stereocenters. The fourth-order valence-corrected chi connectivity index (χ4v) is 2.23. The lowest BCUT2D eigenvalue weighted by Gasteiger charge is -2.16. The van der Waals surface area contributed by atoms with Gasteiger partial charge >= 0.3 is 0 Å². The van der Waals surface area contributed by atoms with Crippen LogP contribution in [0, 0.1) is 6.92 Å². The van der Waals surface area contributed by atoms with Gasteiger partial charge in [-0.15, -0.1) is 0 Å². The first-order valence-corrected chi connectivity index (χ1v) is 6.57. The number of carbonyl (C=O) groups is 1. The molecule has 1 amide bonds. The molecule has 110 valence electrons. The smallest absolute Gasteiger partial charge is 0.264 e. The second kappa shape index (κ2) is 5.34. The van der Waals surface area contributed by atoms with Crippen LogP contribution >= 0.6 is 0 Å². The van der Waals surface area contributed by atoms with E-state index in [9.17, 15) is 19.8 Å². The first kappa shape index (κ1) is 14.7. The van der Waals surface area contributed by atoms with Gasteiger partial charge in [-0.3, -0.25) is 9.59 Å². The molecule has 1 saturated heterocycles. The number of aryl methyl sites for hydroxylation is 1. The number of aliphatic hydroxyl groups excluding tert-OH is 2. The number of rotatable bonds is 2. The van der Waals surface area contributed by atoms with Gasteiger partial charge in [0, 0.05) is 19.0 Å². The maximum Gasteiger partial charge on any atom is 0.264 e. The van der Waals surface area contributed by atoms with Gasteiger partial charge in [-0.25, -0.2) is 4.98 Å². The minimum Gasteiger partial charge on any atom is -0.388 e. The van der Waals surface area contributed by atoms with E-state index in [1.54, 1.807) is 6.92 Å². The molecule has 1 aromatic rings. The molecule has 2 heterocycles. The zero-order valence-electron chi connectivity index (χ0n) is 11.8. The summed E-state index contributed by atoms with van der Waals surface area (Å²) in [5, 5.41) is 18.9. The maximum atomic E-state index is 12.3. The lowest BCUT2D eigenvalue weighted by molar-refractivity contribution is 0.0572. The molecule has 0 radical (unpaired) electrons. The number of nitrogens with one attached hydrogen (secondary N) is 1. The molecular formula is C13H19N3O4. The maximum absolute atomic E-state index is 12.3. The highest BCUT2D eigenvalue weighted by atomic mass is 16.3. The van der Waals surface area contributed by atoms with Gasteiger partial charge in [0.25, 0.3) is 11.5 Å². The Hall–Kier alpha value is -1.73. The van der Waals surface area contributed by atoms with E-state index in [1.807, 2.05) is 13.8 Å². The number of nitrogens with zero attached hydrogens (tertiary/aromatic N) is 2. The van der Waals surface area contributed by atoms with Crippen molar-refractivity contribution in [3.8, 4) is 0 Å². The predicted octanol–water partition coefficient (Wildman–Crippen LogP) is -0.621. The molecule has 0 saturated carbocycles. The summed E-state index contributed by atoms with van der Waals surface area (Å²) in [5.74, 6) is 0.0775. The topological polar surface area (TPSA) is 107 Å². The van der Waals surface area contributed by atoms with E-state index in [-0.39, 0.29) is 24.6 Å². The van der Waals surface area contributed by atoms with E-state index in [0.717, 1.165) is 0 Å². The molecule has 1 fully saturated rings. The second-order valence-electron chi connectivity index (χ2n) is 5.41. The van der Waals surface area contributed by atoms with Crippen LogP contribution in [-0.2, 0) is 0 Å². The van der Waals surface area contributed by atoms with E-state index in [0.29, 0.717) is 11.5 Å². The summed E-state index contributed by atoms with van der Waals surface area (Å²) >= 11 is 0. The lowest BCUT2D eigenvalue weighted by Crippen LogP contribution is -2.35. The third-order valence-electron chi connectivity index (χ3n) is 3.43. The SMILES string of the molecule is Cc1nc(C(C)C)[nH]c(=O)c1C(=O)N1CC(O)C(O)C1. The highest BCUT2D eigenvalue weighted by Crippen LogP contribution is 2.15. The van der Waals surface area contributed by atoms with Crippen LogP contribution in [0.4, 0.5) is 0 Å². The first-order valence-electron chi connectivity index (χ1n) is 6.57. The van der Waals surface area contributed by atoms with Crippen LogP contribution in [0.5, 0.6) is 0 Å². The van der Waals surface area contributed by atoms with Crippen LogP contribution in [-0.4, -0.2) is 56.3 Å². The molecule has 1 aliphatic heterocycles. The van der Waals surface area contributed by atoms with Crippen LogP contribution in [0.25, 0.3) is 0 Å². The molecule has 2 unspecified atom stereocenters. The number of β-amino-alcohol motifs (C(OH)–C–C–N with tert-alkyl or cyclic N) is 2. The number of hydrogen-bond acceptors (Lipinski definition) is 5. The van der Waals surface area contributed by atoms with Crippen molar-refractivity contribution in [2.45, 2.75) is 38.9 Å². The molecule has 20 heavy (non-hydrogen) atoms. The van der Waals surface area contributed by atoms with Crippen LogP contribution in [0.1, 0.15) is 41.6 Å². The highest BCUT2D eigenvalue weighted by Gasteiger charge is 2.34. The summed E-state index contributed by atoms with van der Waals surface area (Å²) < 4.78 is 0. The number of carbonyl (C=O) groups excluding carboxylic acids is 1. The van der Waals surface area contributed by atoms with Gasteiger partial charge in [0.05, 0.1) is 17.9 Å². The number of amides is 1. The van der Waals surface area contributed by atoms with Crippen molar-refractivity contribution in [3.05, 3.63) is 27.4 Å². The Morgan fingerprint density at radius 1 is 1.35 bits per heavy atom. The predicted molar refractivity (Wildman–Crippen MR) is 71.6 cm³/mol. The quantitative estimate of drug-likeness (QED) is 0.670. The summed E-state index contributed by atoms with van der Waals surface area (Å²) in [7, 11) is 0. The number of likely N-dealkylation sites (tertiary alicyclic amines) is 1. The molecule has 1 aromatic heterocycles. The van der Waals surface area contributed by atoms with Gasteiger partial charge in [0.15, 0.2) is 0 Å². The van der Waals surface area contributed by atoms with E-state index in [4.69, 9.17) is 0 Å². The summed E-state index contributed by atoms with van der Waals surface area (Å²) in [6.45, 7) is 5.44. The van der Waals surface area contributed by atoms with E-state index in [2.05, 4.69) is 9.97 Å². The second-order valence-corrected chi connectivity index (χ2v) is 5.41. The van der Waals surface area contributed by atoms with Gasteiger partial charge in [0.1, 0.15) is 11.4 Å². The van der Waals surface area contributed by atoms with E-state index >= 15 is 0 Å². The number of aromatic nitrogens is 2. The van der Waals surface area contributed by atoms with Crippen molar-refractivity contribution in [3.63, 3.8) is 0 Å². The summed E-state index contributed by atoms with van der Waals surface area (Å²) in [6, 6.07) is 0. The number of aliphatic hydroxyl groups is 2. The highest BCUT2D eigenvalue weighted by molar-refractivity contribution is 5.95. The summed E-state index contributed by atoms with van der Waals surface area (Å²) in [6.07, 6.45) is -1.94. The van der Waals surface area contributed by atoms with Crippen molar-refractivity contribution >= 4 is 5.91 Å². The van der Waals surface area contributed by atoms with Gasteiger partial charge in [-0.1, -0.05) is 13.8 Å².